The summed E-state index contributed by atoms with van der Waals surface area (Å²) >= 11 is 0. The van der Waals surface area contributed by atoms with Crippen molar-refractivity contribution >= 4 is 5.78 Å². The van der Waals surface area contributed by atoms with Crippen LogP contribution in [0.4, 0.5) is 0 Å². The number of carbonyl (C=O) groups excluding carboxylic acids is 1. The number of fused-ring (bicyclic) bond motifs is 5. The molecule has 10 atom stereocenters. The zero-order valence-electron chi connectivity index (χ0n) is 23.4. The second kappa shape index (κ2) is 8.22. The van der Waals surface area contributed by atoms with E-state index in [0.29, 0.717) is 19.3 Å². The Morgan fingerprint density at radius 1 is 1.03 bits per heavy atom. The van der Waals surface area contributed by atoms with E-state index in [4.69, 9.17) is 0 Å². The summed E-state index contributed by atoms with van der Waals surface area (Å²) in [4.78, 5) is 14.2. The third-order valence-electron chi connectivity index (χ3n) is 11.5. The van der Waals surface area contributed by atoms with Gasteiger partial charge in [0.25, 0.3) is 0 Å². The molecule has 3 saturated carbocycles. The van der Waals surface area contributed by atoms with E-state index >= 15 is 0 Å². The van der Waals surface area contributed by atoms with E-state index in [1.165, 1.54) is 17.7 Å². The molecule has 0 aromatic heterocycles. The van der Waals surface area contributed by atoms with Crippen LogP contribution in [0.15, 0.2) is 23.8 Å². The molecule has 0 bridgehead atoms. The van der Waals surface area contributed by atoms with Gasteiger partial charge in [0, 0.05) is 23.2 Å². The third-order valence-corrected chi connectivity index (χ3v) is 11.5. The molecule has 0 heterocycles. The van der Waals surface area contributed by atoms with E-state index in [1.54, 1.807) is 20.8 Å². The number of carbonyl (C=O) groups is 1. The smallest absolute Gasteiger partial charge is 0.140 e. The lowest BCUT2D eigenvalue weighted by molar-refractivity contribution is -0.190. The van der Waals surface area contributed by atoms with Crippen LogP contribution in [0.1, 0.15) is 87.5 Å². The molecule has 0 aromatic rings. The molecule has 4 aliphatic rings. The molecular weight excluding hydrogens is 456 g/mol. The predicted molar refractivity (Wildman–Crippen MR) is 139 cm³/mol. The van der Waals surface area contributed by atoms with Crippen molar-refractivity contribution in [3.05, 3.63) is 23.8 Å². The lowest BCUT2D eigenvalue weighted by Gasteiger charge is -2.65. The molecule has 36 heavy (non-hydrogen) atoms. The van der Waals surface area contributed by atoms with Gasteiger partial charge in [0.2, 0.25) is 0 Å². The highest BCUT2D eigenvalue weighted by Gasteiger charge is 2.74. The minimum atomic E-state index is -1.70. The number of Topliss-reactive ketones (excluding diaryl/α,β-unsaturated/α-hetero) is 1. The topological polar surface area (TPSA) is 118 Å². The number of ketones is 1. The van der Waals surface area contributed by atoms with Gasteiger partial charge < -0.3 is 25.5 Å². The lowest BCUT2D eigenvalue weighted by Crippen LogP contribution is -2.65. The first-order chi connectivity index (χ1) is 16.2. The second-order valence-corrected chi connectivity index (χ2v) is 14.5. The fourth-order valence-corrected chi connectivity index (χ4v) is 9.23. The van der Waals surface area contributed by atoms with E-state index < -0.39 is 51.7 Å². The summed E-state index contributed by atoms with van der Waals surface area (Å²) in [6, 6.07) is 0. The number of aliphatic hydroxyl groups excluding tert-OH is 3. The summed E-state index contributed by atoms with van der Waals surface area (Å²) in [5.41, 5.74) is -3.81. The first-order valence-electron chi connectivity index (χ1n) is 13.7. The van der Waals surface area contributed by atoms with E-state index in [-0.39, 0.29) is 29.5 Å². The zero-order chi connectivity index (χ0) is 27.3. The number of aliphatic hydroxyl groups is 5. The predicted octanol–water partition coefficient (Wildman–Crippen LogP) is 3.54. The fourth-order valence-electron chi connectivity index (χ4n) is 9.23. The van der Waals surface area contributed by atoms with Gasteiger partial charge in [0.05, 0.1) is 23.4 Å². The maximum Gasteiger partial charge on any atom is 0.140 e. The molecular formula is C30H48O6. The van der Waals surface area contributed by atoms with Crippen molar-refractivity contribution in [1.82, 2.24) is 0 Å². The lowest BCUT2D eigenvalue weighted by atomic mass is 9.38. The molecule has 204 valence electrons. The van der Waals surface area contributed by atoms with Gasteiger partial charge in [-0.05, 0) is 69.1 Å². The Hall–Kier alpha value is -1.05. The molecule has 5 N–H and O–H groups in total. The highest BCUT2D eigenvalue weighted by atomic mass is 16.3. The van der Waals surface area contributed by atoms with Gasteiger partial charge in [0.1, 0.15) is 11.9 Å². The Morgan fingerprint density at radius 3 is 2.22 bits per heavy atom. The molecule has 0 amide bonds. The number of allylic oxidation sites excluding steroid dienone is 1. The van der Waals surface area contributed by atoms with Crippen molar-refractivity contribution in [3.63, 3.8) is 0 Å². The van der Waals surface area contributed by atoms with Crippen molar-refractivity contribution in [2.24, 2.45) is 39.4 Å². The van der Waals surface area contributed by atoms with Crippen LogP contribution in [0.25, 0.3) is 0 Å². The number of hydrogen-bond acceptors (Lipinski definition) is 6. The van der Waals surface area contributed by atoms with Gasteiger partial charge >= 0.3 is 0 Å². The van der Waals surface area contributed by atoms with Crippen LogP contribution < -0.4 is 0 Å². The van der Waals surface area contributed by atoms with Crippen molar-refractivity contribution in [3.8, 4) is 0 Å². The van der Waals surface area contributed by atoms with Crippen molar-refractivity contribution in [1.29, 1.82) is 0 Å². The summed E-state index contributed by atoms with van der Waals surface area (Å²) in [7, 11) is 0. The van der Waals surface area contributed by atoms with Gasteiger partial charge in [-0.2, -0.15) is 0 Å². The molecule has 0 unspecified atom stereocenters. The fraction of sp³-hybridized carbons (Fsp3) is 0.833. The van der Waals surface area contributed by atoms with Crippen LogP contribution in [0.3, 0.4) is 0 Å². The highest BCUT2D eigenvalue weighted by molar-refractivity contribution is 5.88. The van der Waals surface area contributed by atoms with Crippen LogP contribution in [-0.2, 0) is 4.79 Å². The van der Waals surface area contributed by atoms with Gasteiger partial charge in [0.15, 0.2) is 0 Å². The average molecular weight is 505 g/mol. The minimum Gasteiger partial charge on any atom is -0.393 e. The van der Waals surface area contributed by atoms with Crippen LogP contribution >= 0.6 is 0 Å². The van der Waals surface area contributed by atoms with Crippen LogP contribution in [-0.4, -0.2) is 60.8 Å². The Kier molecular flexibility index (Phi) is 6.39. The maximum atomic E-state index is 14.2. The minimum absolute atomic E-state index is 0.0180. The van der Waals surface area contributed by atoms with Crippen molar-refractivity contribution in [2.45, 2.75) is 117 Å². The van der Waals surface area contributed by atoms with E-state index in [2.05, 4.69) is 33.8 Å². The highest BCUT2D eigenvalue weighted by Crippen LogP contribution is 2.74. The monoisotopic (exact) mass is 504 g/mol. The van der Waals surface area contributed by atoms with E-state index in [1.807, 2.05) is 6.92 Å². The van der Waals surface area contributed by atoms with Gasteiger partial charge in [-0.25, -0.2) is 0 Å². The molecule has 0 aliphatic heterocycles. The normalized spacial score (nSPS) is 47.0. The maximum absolute atomic E-state index is 14.2. The van der Waals surface area contributed by atoms with E-state index in [9.17, 15) is 30.3 Å². The molecule has 0 spiro atoms. The molecule has 4 rings (SSSR count). The van der Waals surface area contributed by atoms with Crippen LogP contribution in [0.2, 0.25) is 0 Å². The van der Waals surface area contributed by atoms with Crippen molar-refractivity contribution in [2.75, 3.05) is 0 Å². The third kappa shape index (κ3) is 3.65. The van der Waals surface area contributed by atoms with Gasteiger partial charge in [-0.3, -0.25) is 4.79 Å². The molecule has 6 nitrogen and oxygen atoms in total. The van der Waals surface area contributed by atoms with Crippen LogP contribution in [0.5, 0.6) is 0 Å². The summed E-state index contributed by atoms with van der Waals surface area (Å²) in [6.45, 7) is 15.2. The zero-order valence-corrected chi connectivity index (χ0v) is 23.4. The summed E-state index contributed by atoms with van der Waals surface area (Å²) in [5, 5.41) is 55.0. The van der Waals surface area contributed by atoms with E-state index in [0.717, 1.165) is 6.42 Å². The molecule has 6 heteroatoms. The standard InChI is InChI=1S/C30H48O6/c1-25(2,35)14-13-22(33)30(8,36)24-19(31)15-27(5)20-11-9-17-18(10-12-21(32)26(17,3)4)29(20,7)23(34)16-28(24,27)6/h9,13-14,18-22,24,31-33,35-36H,10-12,15-16H2,1-8H3/b14-13+/t18-,19-,20+,21-,22+,24+,27+,28-,29+,30+/m1/s1. The molecule has 0 saturated heterocycles. The quantitative estimate of drug-likeness (QED) is 0.374. The Morgan fingerprint density at radius 2 is 1.64 bits per heavy atom. The largest absolute Gasteiger partial charge is 0.393 e. The SMILES string of the molecule is CC(C)(O)/C=C/[C@H](O)[C@](C)(O)[C@H]1[C@H](O)C[C@@]2(C)[C@@H]3CC=C4[C@@H](CC[C@@H](O)C4(C)C)[C@]3(C)C(=O)C[C@]12C. The van der Waals surface area contributed by atoms with Crippen LogP contribution in [0, 0.1) is 39.4 Å². The Bertz CT molecular complexity index is 972. The number of hydrogen-bond donors (Lipinski definition) is 5. The van der Waals surface area contributed by atoms with Gasteiger partial charge in [-0.1, -0.05) is 58.4 Å². The Balaban J connectivity index is 1.78. The molecule has 3 fully saturated rings. The Labute approximate surface area is 216 Å². The molecule has 0 aromatic carbocycles. The first kappa shape index (κ1) is 28.0. The average Bonchev–Trinajstić information content (AvgIpc) is 2.94. The molecule has 0 radical (unpaired) electrons. The molecule has 4 aliphatic carbocycles. The summed E-state index contributed by atoms with van der Waals surface area (Å²) < 4.78 is 0. The number of rotatable bonds is 4. The summed E-state index contributed by atoms with van der Waals surface area (Å²) in [6.07, 6.45) is 5.27. The van der Waals surface area contributed by atoms with Crippen molar-refractivity contribution < 1.29 is 30.3 Å². The first-order valence-corrected chi connectivity index (χ1v) is 13.7. The summed E-state index contributed by atoms with van der Waals surface area (Å²) in [5.74, 6) is -0.525. The second-order valence-electron chi connectivity index (χ2n) is 14.5. The van der Waals surface area contributed by atoms with Gasteiger partial charge in [-0.15, -0.1) is 0 Å².